The van der Waals surface area contributed by atoms with Gasteiger partial charge in [-0.15, -0.1) is 0 Å². The highest BCUT2D eigenvalue weighted by molar-refractivity contribution is 7.58. The average molecular weight is 248 g/mol. The van der Waals surface area contributed by atoms with Crippen LogP contribution in [0.2, 0.25) is 0 Å². The maximum absolute atomic E-state index is 9.28. The smallest absolute Gasteiger partial charge is 0.297 e. The molecule has 0 saturated heterocycles. The molecular weight excluding hydrogens is 235 g/mol. The zero-order chi connectivity index (χ0) is 12.3. The Balaban J connectivity index is 2.45. The molecule has 0 radical (unpaired) electrons. The van der Waals surface area contributed by atoms with Crippen LogP contribution >= 0.6 is 7.57 Å². The van der Waals surface area contributed by atoms with Crippen molar-refractivity contribution >= 4 is 13.9 Å². The van der Waals surface area contributed by atoms with Crippen molar-refractivity contribution in [1.29, 1.82) is 0 Å². The van der Waals surface area contributed by atoms with E-state index in [0.717, 1.165) is 11.1 Å². The minimum Gasteiger partial charge on any atom is -0.432 e. The zero-order valence-corrected chi connectivity index (χ0v) is 10.0. The van der Waals surface area contributed by atoms with Crippen molar-refractivity contribution in [2.75, 3.05) is 0 Å². The van der Waals surface area contributed by atoms with Crippen molar-refractivity contribution in [3.05, 3.63) is 54.6 Å². The Morgan fingerprint density at radius 2 is 1.47 bits per heavy atom. The fraction of sp³-hybridized carbons (Fsp3) is 0. The summed E-state index contributed by atoms with van der Waals surface area (Å²) in [5, 5.41) is 0. The number of benzene rings is 2. The standard InChI is InChI=1S/C13H13O3P/c1-17(14,15)16-13-10-6-5-9-12(13)11-7-3-2-4-8-11/h2-10,14-15H,1H2. The summed E-state index contributed by atoms with van der Waals surface area (Å²) < 4.78 is 5.10. The Morgan fingerprint density at radius 1 is 0.882 bits per heavy atom. The Labute approximate surface area is 100 Å². The van der Waals surface area contributed by atoms with E-state index in [1.807, 2.05) is 42.5 Å². The van der Waals surface area contributed by atoms with Crippen LogP contribution in [-0.4, -0.2) is 16.1 Å². The third-order valence-electron chi connectivity index (χ3n) is 2.22. The number of rotatable bonds is 3. The van der Waals surface area contributed by atoms with Crippen LogP contribution in [0.25, 0.3) is 11.1 Å². The highest BCUT2D eigenvalue weighted by Gasteiger charge is 2.11. The van der Waals surface area contributed by atoms with Gasteiger partial charge < -0.3 is 14.3 Å². The summed E-state index contributed by atoms with van der Waals surface area (Å²) in [5.74, 6) is 0.423. The molecule has 0 fully saturated rings. The molecule has 2 aromatic rings. The van der Waals surface area contributed by atoms with Crippen LogP contribution in [0.5, 0.6) is 5.75 Å². The Hall–Kier alpha value is -1.54. The van der Waals surface area contributed by atoms with Crippen molar-refractivity contribution in [1.82, 2.24) is 0 Å². The quantitative estimate of drug-likeness (QED) is 0.821. The number of hydrogen-bond donors (Lipinski definition) is 2. The van der Waals surface area contributed by atoms with E-state index >= 15 is 0 Å². The summed E-state index contributed by atoms with van der Waals surface area (Å²) in [4.78, 5) is 18.6. The molecule has 17 heavy (non-hydrogen) atoms. The molecule has 3 nitrogen and oxygen atoms in total. The zero-order valence-electron chi connectivity index (χ0n) is 9.15. The summed E-state index contributed by atoms with van der Waals surface area (Å²) >= 11 is 0. The minimum atomic E-state index is -3.53. The van der Waals surface area contributed by atoms with E-state index < -0.39 is 7.57 Å². The van der Waals surface area contributed by atoms with E-state index in [9.17, 15) is 9.79 Å². The first-order chi connectivity index (χ1) is 8.06. The first-order valence-corrected chi connectivity index (χ1v) is 6.89. The molecule has 0 unspecified atom stereocenters. The van der Waals surface area contributed by atoms with Gasteiger partial charge >= 0.3 is 0 Å². The van der Waals surface area contributed by atoms with Crippen molar-refractivity contribution in [2.24, 2.45) is 0 Å². The number of hydrogen-bond acceptors (Lipinski definition) is 3. The third kappa shape index (κ3) is 3.21. The second-order valence-corrected chi connectivity index (χ2v) is 5.13. The topological polar surface area (TPSA) is 49.7 Å². The largest absolute Gasteiger partial charge is 0.432 e. The second kappa shape index (κ2) is 4.76. The molecule has 0 aliphatic carbocycles. The van der Waals surface area contributed by atoms with Crippen LogP contribution in [0.3, 0.4) is 0 Å². The molecular formula is C13H13O3P. The fourth-order valence-electron chi connectivity index (χ4n) is 1.56. The van der Waals surface area contributed by atoms with Crippen LogP contribution in [0.1, 0.15) is 0 Å². The summed E-state index contributed by atoms with van der Waals surface area (Å²) in [6.07, 6.45) is 3.20. The van der Waals surface area contributed by atoms with Gasteiger partial charge in [-0.3, -0.25) is 0 Å². The Morgan fingerprint density at radius 3 is 2.12 bits per heavy atom. The molecule has 0 atom stereocenters. The van der Waals surface area contributed by atoms with Crippen molar-refractivity contribution < 1.29 is 14.3 Å². The van der Waals surface area contributed by atoms with Crippen molar-refractivity contribution in [3.8, 4) is 16.9 Å². The molecule has 2 rings (SSSR count). The predicted octanol–water partition coefficient (Wildman–Crippen LogP) is 2.91. The van der Waals surface area contributed by atoms with E-state index in [1.54, 1.807) is 12.1 Å². The van der Waals surface area contributed by atoms with Crippen LogP contribution in [-0.2, 0) is 0 Å². The van der Waals surface area contributed by atoms with Gasteiger partial charge in [-0.2, -0.15) is 0 Å². The highest BCUT2D eigenvalue weighted by Crippen LogP contribution is 2.41. The lowest BCUT2D eigenvalue weighted by molar-refractivity contribution is 0.369. The van der Waals surface area contributed by atoms with Gasteiger partial charge in [0.2, 0.25) is 0 Å². The third-order valence-corrected chi connectivity index (χ3v) is 2.71. The van der Waals surface area contributed by atoms with Gasteiger partial charge in [-0.05, 0) is 17.9 Å². The SMILES string of the molecule is C=P(O)(O)Oc1ccccc1-c1ccccc1. The average Bonchev–Trinajstić information content (AvgIpc) is 2.29. The first-order valence-electron chi connectivity index (χ1n) is 5.09. The van der Waals surface area contributed by atoms with E-state index in [2.05, 4.69) is 6.30 Å². The monoisotopic (exact) mass is 248 g/mol. The molecule has 0 saturated carbocycles. The lowest BCUT2D eigenvalue weighted by Crippen LogP contribution is -1.92. The van der Waals surface area contributed by atoms with Crippen LogP contribution in [0, 0.1) is 0 Å². The molecule has 0 aliphatic heterocycles. The molecule has 0 bridgehead atoms. The van der Waals surface area contributed by atoms with Crippen LogP contribution in [0.4, 0.5) is 0 Å². The molecule has 4 heteroatoms. The summed E-state index contributed by atoms with van der Waals surface area (Å²) in [6.45, 7) is 0. The maximum atomic E-state index is 9.28. The molecule has 0 aliphatic rings. The summed E-state index contributed by atoms with van der Waals surface area (Å²) in [7, 11) is -3.53. The molecule has 0 amide bonds. The predicted molar refractivity (Wildman–Crippen MR) is 71.0 cm³/mol. The molecule has 0 heterocycles. The lowest BCUT2D eigenvalue weighted by atomic mass is 10.1. The van der Waals surface area contributed by atoms with Gasteiger partial charge in [0, 0.05) is 5.56 Å². The van der Waals surface area contributed by atoms with Gasteiger partial charge in [0.15, 0.2) is 0 Å². The van der Waals surface area contributed by atoms with Gasteiger partial charge in [0.05, 0.1) is 0 Å². The first kappa shape index (κ1) is 11.9. The molecule has 0 aromatic heterocycles. The van der Waals surface area contributed by atoms with E-state index in [-0.39, 0.29) is 0 Å². The van der Waals surface area contributed by atoms with Crippen LogP contribution in [0.15, 0.2) is 54.6 Å². The molecule has 2 aromatic carbocycles. The minimum absolute atomic E-state index is 0.423. The Kier molecular flexibility index (Phi) is 3.34. The van der Waals surface area contributed by atoms with E-state index in [4.69, 9.17) is 4.52 Å². The van der Waals surface area contributed by atoms with Gasteiger partial charge in [-0.1, -0.05) is 48.5 Å². The van der Waals surface area contributed by atoms with E-state index in [1.165, 1.54) is 0 Å². The molecule has 88 valence electrons. The van der Waals surface area contributed by atoms with Gasteiger partial charge in [0.25, 0.3) is 7.57 Å². The summed E-state index contributed by atoms with van der Waals surface area (Å²) in [6, 6.07) is 16.8. The fourth-order valence-corrected chi connectivity index (χ4v) is 2.03. The Bertz CT molecular complexity index is 546. The molecule has 0 spiro atoms. The second-order valence-electron chi connectivity index (χ2n) is 3.62. The van der Waals surface area contributed by atoms with Crippen molar-refractivity contribution in [2.45, 2.75) is 0 Å². The van der Waals surface area contributed by atoms with E-state index in [0.29, 0.717) is 5.75 Å². The molecule has 2 N–H and O–H groups in total. The van der Waals surface area contributed by atoms with Crippen LogP contribution < -0.4 is 4.52 Å². The van der Waals surface area contributed by atoms with Gasteiger partial charge in [-0.25, -0.2) is 0 Å². The lowest BCUT2D eigenvalue weighted by Gasteiger charge is -2.15. The summed E-state index contributed by atoms with van der Waals surface area (Å²) in [5.41, 5.74) is 1.76. The maximum Gasteiger partial charge on any atom is 0.297 e. The normalized spacial score (nSPS) is 11.2. The van der Waals surface area contributed by atoms with Gasteiger partial charge in [0.1, 0.15) is 5.75 Å². The number of para-hydroxylation sites is 1. The highest BCUT2D eigenvalue weighted by atomic mass is 31.2. The van der Waals surface area contributed by atoms with Crippen molar-refractivity contribution in [3.63, 3.8) is 0 Å².